The highest BCUT2D eigenvalue weighted by molar-refractivity contribution is 5.94. The van der Waals surface area contributed by atoms with Gasteiger partial charge in [-0.3, -0.25) is 5.10 Å². The highest BCUT2D eigenvalue weighted by atomic mass is 19.1. The van der Waals surface area contributed by atoms with Gasteiger partial charge in [0.2, 0.25) is 0 Å². The van der Waals surface area contributed by atoms with E-state index >= 15 is 0 Å². The van der Waals surface area contributed by atoms with E-state index in [2.05, 4.69) is 48.6 Å². The van der Waals surface area contributed by atoms with Crippen molar-refractivity contribution in [2.24, 2.45) is 0 Å². The van der Waals surface area contributed by atoms with E-state index < -0.39 is 0 Å². The molecule has 1 aliphatic rings. The van der Waals surface area contributed by atoms with Crippen LogP contribution in [0.5, 0.6) is 0 Å². The fourth-order valence-electron chi connectivity index (χ4n) is 4.19. The Morgan fingerprint density at radius 2 is 1.91 bits per heavy atom. The van der Waals surface area contributed by atoms with Gasteiger partial charge < -0.3 is 14.8 Å². The Balaban J connectivity index is 1.57. The number of hydrogen-bond acceptors (Lipinski definition) is 6. The summed E-state index contributed by atoms with van der Waals surface area (Å²) in [5.74, 6) is 0.259. The first-order chi connectivity index (χ1) is 16.0. The van der Waals surface area contributed by atoms with Crippen LogP contribution in [-0.4, -0.2) is 73.2 Å². The number of piperazine rings is 1. The molecule has 1 aromatic carbocycles. The lowest BCUT2D eigenvalue weighted by Crippen LogP contribution is -2.43. The zero-order chi connectivity index (χ0) is 22.9. The van der Waals surface area contributed by atoms with E-state index in [0.717, 1.165) is 48.7 Å². The lowest BCUT2D eigenvalue weighted by molar-refractivity contribution is 0.207. The van der Waals surface area contributed by atoms with E-state index in [1.165, 1.54) is 12.4 Å². The van der Waals surface area contributed by atoms with Crippen molar-refractivity contribution in [3.8, 4) is 22.6 Å². The molecule has 33 heavy (non-hydrogen) atoms. The smallest absolute Gasteiger partial charge is 0.159 e. The van der Waals surface area contributed by atoms with Crippen LogP contribution in [0.25, 0.3) is 39.2 Å². The highest BCUT2D eigenvalue weighted by Crippen LogP contribution is 2.32. The minimum absolute atomic E-state index is 0.366. The molecule has 168 valence electrons. The van der Waals surface area contributed by atoms with E-state index in [9.17, 15) is 4.39 Å². The van der Waals surface area contributed by atoms with Crippen molar-refractivity contribution in [1.82, 2.24) is 39.9 Å². The predicted octanol–water partition coefficient (Wildman–Crippen LogP) is 3.63. The summed E-state index contributed by atoms with van der Waals surface area (Å²) in [5, 5.41) is 8.14. The van der Waals surface area contributed by atoms with Crippen molar-refractivity contribution in [2.75, 3.05) is 33.2 Å². The van der Waals surface area contributed by atoms with Gasteiger partial charge in [0.25, 0.3) is 0 Å². The second kappa shape index (κ2) is 8.59. The average Bonchev–Trinajstić information content (AvgIpc) is 3.41. The summed E-state index contributed by atoms with van der Waals surface area (Å²) in [7, 11) is 2.13. The Morgan fingerprint density at radius 1 is 1.15 bits per heavy atom. The molecule has 9 heteroatoms. The third-order valence-electron chi connectivity index (χ3n) is 5.99. The van der Waals surface area contributed by atoms with Gasteiger partial charge >= 0.3 is 0 Å². The minimum Gasteiger partial charge on any atom is -0.367 e. The van der Waals surface area contributed by atoms with Gasteiger partial charge in [0.15, 0.2) is 5.82 Å². The fourth-order valence-corrected chi connectivity index (χ4v) is 4.19. The summed E-state index contributed by atoms with van der Waals surface area (Å²) in [4.78, 5) is 21.0. The van der Waals surface area contributed by atoms with E-state index in [1.54, 1.807) is 24.5 Å². The average molecular weight is 445 g/mol. The van der Waals surface area contributed by atoms with Gasteiger partial charge in [0.1, 0.15) is 23.5 Å². The maximum Gasteiger partial charge on any atom is 0.159 e. The standard InChI is InChI=1S/C24H25FN8/c1-4-5-21(33-8-6-32(3)7-9-33)22-15(2)28-24(29-22)23-18-10-17(16-12-26-14-27-13-16)19(25)11-20(18)30-31-23/h4-5,10-14H,1,6-9H2,2-3H3,(H,28,29)(H,30,31)/b21-5+. The third kappa shape index (κ3) is 3.91. The van der Waals surface area contributed by atoms with Gasteiger partial charge in [-0.15, -0.1) is 0 Å². The van der Waals surface area contributed by atoms with Crippen molar-refractivity contribution in [1.29, 1.82) is 0 Å². The molecule has 2 N–H and O–H groups in total. The molecule has 1 aliphatic heterocycles. The lowest BCUT2D eigenvalue weighted by Gasteiger charge is -2.35. The molecule has 1 fully saturated rings. The molecule has 8 nitrogen and oxygen atoms in total. The third-order valence-corrected chi connectivity index (χ3v) is 5.99. The summed E-state index contributed by atoms with van der Waals surface area (Å²) >= 11 is 0. The van der Waals surface area contributed by atoms with Gasteiger partial charge in [-0.05, 0) is 26.1 Å². The predicted molar refractivity (Wildman–Crippen MR) is 127 cm³/mol. The molecule has 0 atom stereocenters. The van der Waals surface area contributed by atoms with E-state index in [1.807, 2.05) is 13.0 Å². The Kier molecular flexibility index (Phi) is 5.47. The Labute approximate surface area is 190 Å². The number of H-pyrrole nitrogens is 2. The Hall–Kier alpha value is -3.85. The number of aromatic nitrogens is 6. The maximum atomic E-state index is 14.8. The topological polar surface area (TPSA) is 89.6 Å². The van der Waals surface area contributed by atoms with Gasteiger partial charge in [-0.25, -0.2) is 19.3 Å². The molecule has 1 saturated heterocycles. The zero-order valence-electron chi connectivity index (χ0n) is 18.6. The van der Waals surface area contributed by atoms with Crippen molar-refractivity contribution >= 4 is 16.6 Å². The second-order valence-corrected chi connectivity index (χ2v) is 8.21. The molecule has 0 saturated carbocycles. The number of aromatic amines is 2. The van der Waals surface area contributed by atoms with Gasteiger partial charge in [0, 0.05) is 66.8 Å². The number of nitrogens with one attached hydrogen (secondary N) is 2. The van der Waals surface area contributed by atoms with Crippen LogP contribution in [0.2, 0.25) is 0 Å². The molecule has 0 spiro atoms. The number of rotatable bonds is 5. The zero-order valence-corrected chi connectivity index (χ0v) is 18.6. The summed E-state index contributed by atoms with van der Waals surface area (Å²) in [5.41, 5.74) is 5.08. The number of halogens is 1. The van der Waals surface area contributed by atoms with E-state index in [4.69, 9.17) is 4.98 Å². The molecule has 5 rings (SSSR count). The van der Waals surface area contributed by atoms with Gasteiger partial charge in [0.05, 0.1) is 11.2 Å². The first-order valence-corrected chi connectivity index (χ1v) is 10.8. The molecule has 3 aromatic heterocycles. The molecule has 0 radical (unpaired) electrons. The van der Waals surface area contributed by atoms with Crippen LogP contribution in [-0.2, 0) is 0 Å². The van der Waals surface area contributed by atoms with Crippen LogP contribution in [0, 0.1) is 12.7 Å². The minimum atomic E-state index is -0.366. The van der Waals surface area contributed by atoms with Crippen molar-refractivity contribution in [2.45, 2.75) is 6.92 Å². The SMILES string of the molecule is C=C/C=C(\c1nc(-c2n[nH]c3cc(F)c(-c4cncnc4)cc23)[nH]c1C)N1CCN(C)CC1. The summed E-state index contributed by atoms with van der Waals surface area (Å²) in [6.07, 6.45) is 8.40. The number of benzene rings is 1. The first kappa shape index (κ1) is 21.0. The summed E-state index contributed by atoms with van der Waals surface area (Å²) in [6.45, 7) is 9.72. The van der Waals surface area contributed by atoms with Crippen LogP contribution >= 0.6 is 0 Å². The van der Waals surface area contributed by atoms with Crippen molar-refractivity contribution < 1.29 is 4.39 Å². The maximum absolute atomic E-state index is 14.8. The monoisotopic (exact) mass is 444 g/mol. The van der Waals surface area contributed by atoms with Crippen LogP contribution in [0.3, 0.4) is 0 Å². The molecule has 0 bridgehead atoms. The Morgan fingerprint density at radius 3 is 2.64 bits per heavy atom. The van der Waals surface area contributed by atoms with Crippen LogP contribution in [0.15, 0.2) is 49.6 Å². The summed E-state index contributed by atoms with van der Waals surface area (Å²) in [6, 6.07) is 3.21. The molecule has 0 amide bonds. The highest BCUT2D eigenvalue weighted by Gasteiger charge is 2.23. The number of nitrogens with zero attached hydrogens (tertiary/aromatic N) is 6. The molecule has 4 aromatic rings. The van der Waals surface area contributed by atoms with E-state index in [0.29, 0.717) is 28.2 Å². The quantitative estimate of drug-likeness (QED) is 0.457. The molecule has 4 heterocycles. The number of hydrogen-bond donors (Lipinski definition) is 2. The largest absolute Gasteiger partial charge is 0.367 e. The van der Waals surface area contributed by atoms with Crippen LogP contribution < -0.4 is 0 Å². The van der Waals surface area contributed by atoms with Crippen LogP contribution in [0.4, 0.5) is 4.39 Å². The van der Waals surface area contributed by atoms with E-state index in [-0.39, 0.29) is 5.82 Å². The number of imidazole rings is 1. The number of likely N-dealkylation sites (N-methyl/N-ethyl adjacent to an activating group) is 1. The second-order valence-electron chi connectivity index (χ2n) is 8.21. The first-order valence-electron chi connectivity index (χ1n) is 10.8. The number of allylic oxidation sites excluding steroid dienone is 2. The lowest BCUT2D eigenvalue weighted by atomic mass is 10.0. The molecular weight excluding hydrogens is 419 g/mol. The molecule has 0 aliphatic carbocycles. The number of fused-ring (bicyclic) bond motifs is 1. The fraction of sp³-hybridized carbons (Fsp3) is 0.250. The summed E-state index contributed by atoms with van der Waals surface area (Å²) < 4.78 is 14.8. The number of aryl methyl sites for hydroxylation is 1. The van der Waals surface area contributed by atoms with Gasteiger partial charge in [-0.2, -0.15) is 5.10 Å². The molecular formula is C24H25FN8. The van der Waals surface area contributed by atoms with Crippen LogP contribution in [0.1, 0.15) is 11.4 Å². The van der Waals surface area contributed by atoms with Crippen molar-refractivity contribution in [3.05, 3.63) is 66.8 Å². The molecule has 0 unspecified atom stereocenters. The van der Waals surface area contributed by atoms with Crippen molar-refractivity contribution in [3.63, 3.8) is 0 Å². The normalized spacial score (nSPS) is 15.4. The van der Waals surface area contributed by atoms with Gasteiger partial charge in [-0.1, -0.05) is 12.7 Å². The Bertz CT molecular complexity index is 1330.